The van der Waals surface area contributed by atoms with Crippen LogP contribution in [-0.4, -0.2) is 85.9 Å². The largest absolute Gasteiger partial charge is 0.465 e. The number of benzene rings is 1. The fraction of sp³-hybridized carbons (Fsp3) is 0.591. The molecule has 1 aromatic rings. The molecule has 7 nitrogen and oxygen atoms in total. The Balaban J connectivity index is 1.53. The molecule has 1 atom stereocenters. The monoisotopic (exact) mass is 401 g/mol. The lowest BCUT2D eigenvalue weighted by atomic mass is 9.92. The van der Waals surface area contributed by atoms with Crippen LogP contribution in [0.2, 0.25) is 0 Å². The lowest BCUT2D eigenvalue weighted by molar-refractivity contribution is -0.133. The van der Waals surface area contributed by atoms with Crippen molar-refractivity contribution in [2.24, 2.45) is 5.92 Å². The molecule has 2 heterocycles. The molecule has 2 aliphatic heterocycles. The van der Waals surface area contributed by atoms with Crippen molar-refractivity contribution in [3.63, 3.8) is 0 Å². The third-order valence-corrected chi connectivity index (χ3v) is 5.96. The number of rotatable bonds is 5. The van der Waals surface area contributed by atoms with Crippen molar-refractivity contribution in [3.8, 4) is 0 Å². The Morgan fingerprint density at radius 3 is 2.48 bits per heavy atom. The molecule has 2 amide bonds. The fourth-order valence-corrected chi connectivity index (χ4v) is 4.11. The van der Waals surface area contributed by atoms with Crippen LogP contribution < -0.4 is 0 Å². The van der Waals surface area contributed by atoms with E-state index in [9.17, 15) is 14.4 Å². The Hall–Kier alpha value is -2.41. The van der Waals surface area contributed by atoms with Gasteiger partial charge in [0.1, 0.15) is 0 Å². The van der Waals surface area contributed by atoms with Gasteiger partial charge < -0.3 is 19.4 Å². The maximum absolute atomic E-state index is 12.9. The van der Waals surface area contributed by atoms with Crippen LogP contribution in [0, 0.1) is 5.92 Å². The molecule has 2 saturated heterocycles. The van der Waals surface area contributed by atoms with E-state index in [1.54, 1.807) is 24.3 Å². The van der Waals surface area contributed by atoms with E-state index in [0.29, 0.717) is 36.6 Å². The van der Waals surface area contributed by atoms with E-state index < -0.39 is 5.97 Å². The van der Waals surface area contributed by atoms with Crippen LogP contribution in [0.1, 0.15) is 46.4 Å². The predicted molar refractivity (Wildman–Crippen MR) is 110 cm³/mol. The van der Waals surface area contributed by atoms with Crippen molar-refractivity contribution in [1.82, 2.24) is 14.7 Å². The molecule has 7 heteroatoms. The Morgan fingerprint density at radius 1 is 1.03 bits per heavy atom. The predicted octanol–water partition coefficient (Wildman–Crippen LogP) is 1.88. The van der Waals surface area contributed by atoms with Crippen LogP contribution in [0.25, 0.3) is 0 Å². The second-order valence-corrected chi connectivity index (χ2v) is 8.05. The van der Waals surface area contributed by atoms with Gasteiger partial charge in [-0.1, -0.05) is 6.07 Å². The number of carbonyl (C=O) groups is 3. The first kappa shape index (κ1) is 21.3. The number of nitrogens with zero attached hydrogens (tertiary/aromatic N) is 3. The average molecular weight is 402 g/mol. The lowest BCUT2D eigenvalue weighted by Crippen LogP contribution is -2.47. The third kappa shape index (κ3) is 5.56. The molecule has 0 bridgehead atoms. The van der Waals surface area contributed by atoms with E-state index in [0.717, 1.165) is 45.4 Å². The first-order valence-corrected chi connectivity index (χ1v) is 10.4. The molecule has 0 aliphatic carbocycles. The SMILES string of the molecule is COC(=O)c1cccc(C(=O)N2CCC[C@H](CCC(=O)N3CCN(C)CC3)C2)c1. The summed E-state index contributed by atoms with van der Waals surface area (Å²) in [4.78, 5) is 43.2. The third-order valence-electron chi connectivity index (χ3n) is 5.96. The lowest BCUT2D eigenvalue weighted by Gasteiger charge is -2.34. The summed E-state index contributed by atoms with van der Waals surface area (Å²) in [5.41, 5.74) is 0.881. The van der Waals surface area contributed by atoms with Crippen LogP contribution in [0.15, 0.2) is 24.3 Å². The smallest absolute Gasteiger partial charge is 0.337 e. The van der Waals surface area contributed by atoms with Crippen molar-refractivity contribution in [3.05, 3.63) is 35.4 Å². The molecule has 0 aromatic heterocycles. The van der Waals surface area contributed by atoms with Gasteiger partial charge in [-0.2, -0.15) is 0 Å². The molecule has 158 valence electrons. The van der Waals surface area contributed by atoms with Crippen molar-refractivity contribution < 1.29 is 19.1 Å². The number of likely N-dealkylation sites (tertiary alicyclic amines) is 1. The second kappa shape index (κ2) is 9.87. The Labute approximate surface area is 172 Å². The van der Waals surface area contributed by atoms with Crippen LogP contribution >= 0.6 is 0 Å². The molecule has 2 fully saturated rings. The molecular weight excluding hydrogens is 370 g/mol. The van der Waals surface area contributed by atoms with E-state index in [2.05, 4.69) is 11.9 Å². The summed E-state index contributed by atoms with van der Waals surface area (Å²) in [5.74, 6) is 0.0599. The fourth-order valence-electron chi connectivity index (χ4n) is 4.11. The minimum Gasteiger partial charge on any atom is -0.465 e. The highest BCUT2D eigenvalue weighted by molar-refractivity contribution is 5.98. The molecule has 0 saturated carbocycles. The molecule has 0 radical (unpaired) electrons. The minimum absolute atomic E-state index is 0.0640. The topological polar surface area (TPSA) is 70.2 Å². The van der Waals surface area contributed by atoms with Crippen LogP contribution in [0.3, 0.4) is 0 Å². The van der Waals surface area contributed by atoms with Crippen LogP contribution in [0.4, 0.5) is 0 Å². The quantitative estimate of drug-likeness (QED) is 0.705. The molecule has 0 N–H and O–H groups in total. The van der Waals surface area contributed by atoms with E-state index in [-0.39, 0.29) is 11.8 Å². The molecule has 29 heavy (non-hydrogen) atoms. The number of hydrogen-bond donors (Lipinski definition) is 0. The van der Waals surface area contributed by atoms with E-state index >= 15 is 0 Å². The van der Waals surface area contributed by atoms with Crippen LogP contribution in [0.5, 0.6) is 0 Å². The van der Waals surface area contributed by atoms with Gasteiger partial charge in [0.05, 0.1) is 12.7 Å². The summed E-state index contributed by atoms with van der Waals surface area (Å²) in [5, 5.41) is 0. The Morgan fingerprint density at radius 2 is 1.76 bits per heavy atom. The van der Waals surface area contributed by atoms with Gasteiger partial charge in [0, 0.05) is 51.3 Å². The summed E-state index contributed by atoms with van der Waals surface area (Å²) in [6, 6.07) is 6.67. The van der Waals surface area contributed by atoms with Crippen molar-refractivity contribution >= 4 is 17.8 Å². The number of carbonyl (C=O) groups excluding carboxylic acids is 3. The first-order chi connectivity index (χ1) is 14.0. The van der Waals surface area contributed by atoms with Gasteiger partial charge in [-0.15, -0.1) is 0 Å². The maximum atomic E-state index is 12.9. The molecule has 1 aromatic carbocycles. The van der Waals surface area contributed by atoms with Gasteiger partial charge >= 0.3 is 5.97 Å². The van der Waals surface area contributed by atoms with Gasteiger partial charge in [0.2, 0.25) is 5.91 Å². The number of amides is 2. The number of methoxy groups -OCH3 is 1. The minimum atomic E-state index is -0.446. The van der Waals surface area contributed by atoms with Crippen molar-refractivity contribution in [2.75, 3.05) is 53.4 Å². The number of ether oxygens (including phenoxy) is 1. The number of piperazine rings is 1. The van der Waals surface area contributed by atoms with Gasteiger partial charge in [-0.3, -0.25) is 9.59 Å². The number of likely N-dealkylation sites (N-methyl/N-ethyl adjacent to an activating group) is 1. The van der Waals surface area contributed by atoms with Crippen molar-refractivity contribution in [2.45, 2.75) is 25.7 Å². The van der Waals surface area contributed by atoms with Gasteiger partial charge in [-0.25, -0.2) is 4.79 Å². The highest BCUT2D eigenvalue weighted by Crippen LogP contribution is 2.23. The summed E-state index contributed by atoms with van der Waals surface area (Å²) in [6.07, 6.45) is 3.35. The standard InChI is InChI=1S/C22H31N3O4/c1-23-11-13-24(14-12-23)20(26)9-8-17-5-4-10-25(16-17)21(27)18-6-3-7-19(15-18)22(28)29-2/h3,6-7,15,17H,4-5,8-14,16H2,1-2H3/t17-/m1/s1. The molecule has 0 spiro atoms. The summed E-state index contributed by atoms with van der Waals surface area (Å²) in [7, 11) is 3.41. The zero-order valence-electron chi connectivity index (χ0n) is 17.4. The summed E-state index contributed by atoms with van der Waals surface area (Å²) in [6.45, 7) is 4.86. The maximum Gasteiger partial charge on any atom is 0.337 e. The number of piperidine rings is 1. The first-order valence-electron chi connectivity index (χ1n) is 10.4. The summed E-state index contributed by atoms with van der Waals surface area (Å²) >= 11 is 0. The zero-order chi connectivity index (χ0) is 20.8. The van der Waals surface area contributed by atoms with Gasteiger partial charge in [0.25, 0.3) is 5.91 Å². The molecule has 0 unspecified atom stereocenters. The second-order valence-electron chi connectivity index (χ2n) is 8.05. The molecule has 2 aliphatic rings. The van der Waals surface area contributed by atoms with E-state index in [1.807, 2.05) is 9.80 Å². The zero-order valence-corrected chi connectivity index (χ0v) is 17.4. The molecular formula is C22H31N3O4. The number of esters is 1. The average Bonchev–Trinajstić information content (AvgIpc) is 2.77. The van der Waals surface area contributed by atoms with E-state index in [1.165, 1.54) is 7.11 Å². The normalized spacial score (nSPS) is 20.4. The summed E-state index contributed by atoms with van der Waals surface area (Å²) < 4.78 is 4.74. The highest BCUT2D eigenvalue weighted by Gasteiger charge is 2.26. The highest BCUT2D eigenvalue weighted by atomic mass is 16.5. The van der Waals surface area contributed by atoms with Gasteiger partial charge in [0.15, 0.2) is 0 Å². The van der Waals surface area contributed by atoms with E-state index in [4.69, 9.17) is 4.74 Å². The van der Waals surface area contributed by atoms with Crippen molar-refractivity contribution in [1.29, 1.82) is 0 Å². The van der Waals surface area contributed by atoms with Crippen LogP contribution in [-0.2, 0) is 9.53 Å². The Bertz CT molecular complexity index is 743. The van der Waals surface area contributed by atoms with Gasteiger partial charge in [-0.05, 0) is 50.4 Å². The Kier molecular flexibility index (Phi) is 7.25. The number of hydrogen-bond acceptors (Lipinski definition) is 5. The molecule has 3 rings (SSSR count).